The lowest BCUT2D eigenvalue weighted by Gasteiger charge is -2.11. The molecular weight excluding hydrogens is 487 g/mol. The van der Waals surface area contributed by atoms with Crippen LogP contribution in [0.1, 0.15) is 38.7 Å². The Bertz CT molecular complexity index is 1720. The van der Waals surface area contributed by atoms with Gasteiger partial charge in [0.15, 0.2) is 11.5 Å². The Kier molecular flexibility index (Phi) is 7.50. The fraction of sp³-hybridized carbons (Fsp3) is 0.156. The van der Waals surface area contributed by atoms with Crippen LogP contribution in [0.15, 0.2) is 97.5 Å². The molecule has 196 valence electrons. The van der Waals surface area contributed by atoms with Gasteiger partial charge in [0.1, 0.15) is 11.5 Å². The van der Waals surface area contributed by atoms with E-state index < -0.39 is 0 Å². The highest BCUT2D eigenvalue weighted by molar-refractivity contribution is 5.97. The number of fused-ring (bicyclic) bond motifs is 2. The molecule has 0 atom stereocenters. The van der Waals surface area contributed by atoms with Crippen molar-refractivity contribution in [1.29, 1.82) is 0 Å². The first kappa shape index (κ1) is 25.9. The third kappa shape index (κ3) is 5.43. The minimum Gasteiger partial charge on any atom is -0.359 e. The van der Waals surface area contributed by atoms with E-state index in [-0.39, 0.29) is 5.82 Å². The zero-order valence-electron chi connectivity index (χ0n) is 22.2. The van der Waals surface area contributed by atoms with Crippen LogP contribution in [0.2, 0.25) is 0 Å². The van der Waals surface area contributed by atoms with Crippen LogP contribution in [0.25, 0.3) is 50.3 Å². The summed E-state index contributed by atoms with van der Waals surface area (Å²) in [6.45, 7) is 12.3. The number of aromatic amines is 2. The fourth-order valence-corrected chi connectivity index (χ4v) is 4.57. The molecule has 5 rings (SSSR count). The summed E-state index contributed by atoms with van der Waals surface area (Å²) >= 11 is 0. The molecule has 5 aromatic rings. The van der Waals surface area contributed by atoms with Crippen molar-refractivity contribution in [2.75, 3.05) is 0 Å². The molecule has 0 bridgehead atoms. The second-order valence-electron chi connectivity index (χ2n) is 9.36. The number of rotatable bonds is 10. The zero-order valence-corrected chi connectivity index (χ0v) is 22.2. The SMILES string of the molecule is C=C/C(=C\C(=C/C)c1ccc2[nH]nc(-c3nc4nccc(-c5ccc(F)cc5)c4[nH]3)c2c1)NC(=C)CCCC. The molecule has 0 spiro atoms. The molecule has 0 fully saturated rings. The number of unbranched alkanes of at least 4 members (excludes halogenated alkanes) is 1. The summed E-state index contributed by atoms with van der Waals surface area (Å²) in [4.78, 5) is 12.6. The van der Waals surface area contributed by atoms with Gasteiger partial charge in [-0.15, -0.1) is 0 Å². The van der Waals surface area contributed by atoms with Gasteiger partial charge in [0.2, 0.25) is 0 Å². The summed E-state index contributed by atoms with van der Waals surface area (Å²) in [6, 6.07) is 14.5. The molecule has 6 nitrogen and oxygen atoms in total. The van der Waals surface area contributed by atoms with E-state index in [0.717, 1.165) is 69.3 Å². The van der Waals surface area contributed by atoms with E-state index in [9.17, 15) is 4.39 Å². The van der Waals surface area contributed by atoms with Gasteiger partial charge in [0.05, 0.1) is 11.0 Å². The molecule has 0 amide bonds. The van der Waals surface area contributed by atoms with Crippen molar-refractivity contribution in [2.45, 2.75) is 33.1 Å². The van der Waals surface area contributed by atoms with Gasteiger partial charge < -0.3 is 10.3 Å². The fourth-order valence-electron chi connectivity index (χ4n) is 4.57. The highest BCUT2D eigenvalue weighted by Crippen LogP contribution is 2.32. The highest BCUT2D eigenvalue weighted by Gasteiger charge is 2.16. The topological polar surface area (TPSA) is 82.3 Å². The van der Waals surface area contributed by atoms with Crippen molar-refractivity contribution in [3.8, 4) is 22.6 Å². The van der Waals surface area contributed by atoms with E-state index in [1.165, 1.54) is 12.1 Å². The number of allylic oxidation sites excluding steroid dienone is 5. The summed E-state index contributed by atoms with van der Waals surface area (Å²) in [5.41, 5.74) is 8.66. The van der Waals surface area contributed by atoms with Crippen molar-refractivity contribution in [3.05, 3.63) is 109 Å². The van der Waals surface area contributed by atoms with Crippen LogP contribution >= 0.6 is 0 Å². The Morgan fingerprint density at radius 1 is 1.13 bits per heavy atom. The summed E-state index contributed by atoms with van der Waals surface area (Å²) in [6.07, 6.45) is 10.8. The summed E-state index contributed by atoms with van der Waals surface area (Å²) < 4.78 is 13.5. The number of hydrogen-bond donors (Lipinski definition) is 3. The molecule has 0 aliphatic carbocycles. The molecule has 3 aromatic heterocycles. The number of halogens is 1. The predicted octanol–water partition coefficient (Wildman–Crippen LogP) is 8.07. The quantitative estimate of drug-likeness (QED) is 0.163. The molecule has 0 aliphatic rings. The van der Waals surface area contributed by atoms with Gasteiger partial charge in [0, 0.05) is 28.5 Å². The van der Waals surface area contributed by atoms with E-state index >= 15 is 0 Å². The number of aromatic nitrogens is 5. The number of pyridine rings is 1. The normalized spacial score (nSPS) is 12.3. The number of hydrogen-bond acceptors (Lipinski definition) is 4. The maximum Gasteiger partial charge on any atom is 0.178 e. The highest BCUT2D eigenvalue weighted by atomic mass is 19.1. The van der Waals surface area contributed by atoms with E-state index in [1.54, 1.807) is 18.3 Å². The molecular formula is C32H31FN6. The minimum absolute atomic E-state index is 0.277. The van der Waals surface area contributed by atoms with Gasteiger partial charge in [-0.3, -0.25) is 5.10 Å². The van der Waals surface area contributed by atoms with E-state index in [1.807, 2.05) is 25.1 Å². The first-order chi connectivity index (χ1) is 19.0. The Morgan fingerprint density at radius 3 is 2.69 bits per heavy atom. The minimum atomic E-state index is -0.277. The van der Waals surface area contributed by atoms with Crippen LogP contribution in [0, 0.1) is 5.82 Å². The second-order valence-corrected chi connectivity index (χ2v) is 9.36. The monoisotopic (exact) mass is 518 g/mol. The van der Waals surface area contributed by atoms with Gasteiger partial charge in [-0.1, -0.05) is 50.8 Å². The van der Waals surface area contributed by atoms with Crippen LogP contribution in [-0.4, -0.2) is 25.1 Å². The summed E-state index contributed by atoms with van der Waals surface area (Å²) in [5.74, 6) is 0.328. The number of H-pyrrole nitrogens is 2. The zero-order chi connectivity index (χ0) is 27.4. The van der Waals surface area contributed by atoms with Crippen molar-refractivity contribution in [2.24, 2.45) is 0 Å². The molecule has 0 unspecified atom stereocenters. The van der Waals surface area contributed by atoms with Crippen molar-refractivity contribution >= 4 is 27.6 Å². The molecule has 39 heavy (non-hydrogen) atoms. The first-order valence-corrected chi connectivity index (χ1v) is 13.1. The lowest BCUT2D eigenvalue weighted by Crippen LogP contribution is -2.10. The molecule has 0 saturated heterocycles. The summed E-state index contributed by atoms with van der Waals surface area (Å²) in [7, 11) is 0. The Labute approximate surface area is 227 Å². The lowest BCUT2D eigenvalue weighted by atomic mass is 10.0. The average Bonchev–Trinajstić information content (AvgIpc) is 3.58. The number of imidazole rings is 1. The number of nitrogens with zero attached hydrogens (tertiary/aromatic N) is 3. The van der Waals surface area contributed by atoms with Crippen LogP contribution in [-0.2, 0) is 0 Å². The predicted molar refractivity (Wildman–Crippen MR) is 158 cm³/mol. The molecule has 0 saturated carbocycles. The third-order valence-corrected chi connectivity index (χ3v) is 6.66. The van der Waals surface area contributed by atoms with E-state index in [4.69, 9.17) is 4.98 Å². The number of benzene rings is 2. The van der Waals surface area contributed by atoms with E-state index in [0.29, 0.717) is 17.2 Å². The maximum absolute atomic E-state index is 13.5. The van der Waals surface area contributed by atoms with Crippen molar-refractivity contribution in [3.63, 3.8) is 0 Å². The number of nitrogens with one attached hydrogen (secondary N) is 3. The smallest absolute Gasteiger partial charge is 0.178 e. The Hall–Kier alpha value is -4.78. The first-order valence-electron chi connectivity index (χ1n) is 13.1. The van der Waals surface area contributed by atoms with Crippen LogP contribution in [0.5, 0.6) is 0 Å². The van der Waals surface area contributed by atoms with E-state index in [2.05, 4.69) is 69.8 Å². The second kappa shape index (κ2) is 11.3. The maximum atomic E-state index is 13.5. The molecule has 3 N–H and O–H groups in total. The lowest BCUT2D eigenvalue weighted by molar-refractivity contribution is 0.628. The molecule has 7 heteroatoms. The summed E-state index contributed by atoms with van der Waals surface area (Å²) in [5, 5.41) is 12.0. The Balaban J connectivity index is 1.51. The van der Waals surface area contributed by atoms with Crippen molar-refractivity contribution in [1.82, 2.24) is 30.5 Å². The third-order valence-electron chi connectivity index (χ3n) is 6.66. The molecule has 3 heterocycles. The van der Waals surface area contributed by atoms with Gasteiger partial charge in [-0.05, 0) is 78.9 Å². The van der Waals surface area contributed by atoms with Crippen LogP contribution in [0.3, 0.4) is 0 Å². The van der Waals surface area contributed by atoms with Crippen molar-refractivity contribution < 1.29 is 4.39 Å². The largest absolute Gasteiger partial charge is 0.359 e. The van der Waals surface area contributed by atoms with Gasteiger partial charge >= 0.3 is 0 Å². The van der Waals surface area contributed by atoms with Gasteiger partial charge in [-0.2, -0.15) is 5.10 Å². The average molecular weight is 519 g/mol. The van der Waals surface area contributed by atoms with Gasteiger partial charge in [-0.25, -0.2) is 14.4 Å². The molecule has 0 aliphatic heterocycles. The van der Waals surface area contributed by atoms with Gasteiger partial charge in [0.25, 0.3) is 0 Å². The molecule has 2 aromatic carbocycles. The standard InChI is InChI=1S/C32H31FN6/c1-5-8-9-20(4)35-25(7-3)18-21(6-2)23-12-15-28-27(19-23)30(39-38-28)32-36-29-26(16-17-34-31(29)37-32)22-10-13-24(33)14-11-22/h6-7,10-19,35H,3-5,8-9H2,1-2H3,(H,38,39)(H,34,36,37)/b21-6+,25-18+. The molecule has 0 radical (unpaired) electrons. The van der Waals surface area contributed by atoms with Crippen LogP contribution < -0.4 is 5.32 Å². The Morgan fingerprint density at radius 2 is 1.95 bits per heavy atom. The van der Waals surface area contributed by atoms with Crippen LogP contribution in [0.4, 0.5) is 4.39 Å².